The summed E-state index contributed by atoms with van der Waals surface area (Å²) >= 11 is 5.91. The van der Waals surface area contributed by atoms with Crippen LogP contribution in [0.15, 0.2) is 78.9 Å². The van der Waals surface area contributed by atoms with E-state index in [1.54, 1.807) is 24.3 Å². The van der Waals surface area contributed by atoms with Crippen LogP contribution >= 0.6 is 11.6 Å². The van der Waals surface area contributed by atoms with E-state index in [4.69, 9.17) is 11.6 Å². The largest absolute Gasteiger partial charge is 0.372 e. The van der Waals surface area contributed by atoms with Gasteiger partial charge >= 0.3 is 6.03 Å². The number of carbonyl (C=O) groups is 2. The molecule has 34 heavy (non-hydrogen) atoms. The van der Waals surface area contributed by atoms with E-state index >= 15 is 0 Å². The summed E-state index contributed by atoms with van der Waals surface area (Å²) in [5.74, 6) is -0.277. The van der Waals surface area contributed by atoms with Gasteiger partial charge in [-0.15, -0.1) is 0 Å². The topological polar surface area (TPSA) is 73.5 Å². The molecule has 0 aromatic heterocycles. The molecule has 0 unspecified atom stereocenters. The van der Waals surface area contributed by atoms with E-state index in [0.717, 1.165) is 18.7 Å². The van der Waals surface area contributed by atoms with Crippen LogP contribution in [0.1, 0.15) is 24.8 Å². The van der Waals surface area contributed by atoms with Crippen molar-refractivity contribution < 1.29 is 9.59 Å². The molecule has 1 aliphatic heterocycles. The van der Waals surface area contributed by atoms with Crippen LogP contribution in [0.3, 0.4) is 0 Å². The van der Waals surface area contributed by atoms with Crippen molar-refractivity contribution in [2.75, 3.05) is 28.6 Å². The zero-order valence-corrected chi connectivity index (χ0v) is 19.7. The van der Waals surface area contributed by atoms with Crippen LogP contribution in [0, 0.1) is 0 Å². The molecule has 3 aromatic rings. The standard InChI is InChI=1S/C27H29ClN4O2/c28-21-9-11-23(12-10-21)30-27(34)31-25(19-20-7-3-1-4-8-20)26(33)29-22-13-15-24(16-14-22)32-17-5-2-6-18-32/h1,3-4,7-16,25H,2,5-6,17-19H2,(H,29,33)(H2,30,31,34)/t25-/m0/s1. The smallest absolute Gasteiger partial charge is 0.319 e. The minimum absolute atomic E-state index is 0.277. The Balaban J connectivity index is 1.42. The first-order valence-corrected chi connectivity index (χ1v) is 12.0. The lowest BCUT2D eigenvalue weighted by Crippen LogP contribution is -2.46. The fourth-order valence-corrected chi connectivity index (χ4v) is 4.18. The molecular weight excluding hydrogens is 448 g/mol. The number of halogens is 1. The van der Waals surface area contributed by atoms with Gasteiger partial charge in [-0.2, -0.15) is 0 Å². The number of rotatable bonds is 7. The highest BCUT2D eigenvalue weighted by Crippen LogP contribution is 2.22. The molecule has 3 N–H and O–H groups in total. The third kappa shape index (κ3) is 6.75. The van der Waals surface area contributed by atoms with Gasteiger partial charge in [0.25, 0.3) is 0 Å². The van der Waals surface area contributed by atoms with E-state index in [-0.39, 0.29) is 5.91 Å². The first-order chi connectivity index (χ1) is 16.6. The summed E-state index contributed by atoms with van der Waals surface area (Å²) in [6.07, 6.45) is 4.07. The van der Waals surface area contributed by atoms with Gasteiger partial charge in [-0.3, -0.25) is 4.79 Å². The van der Waals surface area contributed by atoms with Crippen molar-refractivity contribution in [1.82, 2.24) is 5.32 Å². The molecule has 6 nitrogen and oxygen atoms in total. The summed E-state index contributed by atoms with van der Waals surface area (Å²) in [5, 5.41) is 9.10. The highest BCUT2D eigenvalue weighted by atomic mass is 35.5. The molecule has 0 bridgehead atoms. The first-order valence-electron chi connectivity index (χ1n) is 11.6. The Morgan fingerprint density at radius 3 is 2.09 bits per heavy atom. The van der Waals surface area contributed by atoms with Crippen molar-refractivity contribution >= 4 is 40.6 Å². The van der Waals surface area contributed by atoms with Gasteiger partial charge in [-0.05, 0) is 73.4 Å². The molecule has 1 fully saturated rings. The fraction of sp³-hybridized carbons (Fsp3) is 0.259. The molecular formula is C27H29ClN4O2. The molecule has 0 aliphatic carbocycles. The Hall–Kier alpha value is -3.51. The van der Waals surface area contributed by atoms with Crippen LogP contribution in [0.25, 0.3) is 0 Å². The van der Waals surface area contributed by atoms with Gasteiger partial charge < -0.3 is 20.9 Å². The van der Waals surface area contributed by atoms with Crippen molar-refractivity contribution in [3.8, 4) is 0 Å². The molecule has 176 valence electrons. The molecule has 7 heteroatoms. The minimum atomic E-state index is -0.753. The number of hydrogen-bond acceptors (Lipinski definition) is 3. The van der Waals surface area contributed by atoms with E-state index in [2.05, 4.69) is 20.9 Å². The van der Waals surface area contributed by atoms with Gasteiger partial charge in [0.05, 0.1) is 0 Å². The maximum Gasteiger partial charge on any atom is 0.319 e. The number of urea groups is 1. The highest BCUT2D eigenvalue weighted by molar-refractivity contribution is 6.30. The molecule has 1 aliphatic rings. The number of nitrogens with zero attached hydrogens (tertiary/aromatic N) is 1. The number of anilines is 3. The number of piperidine rings is 1. The molecule has 4 rings (SSSR count). The summed E-state index contributed by atoms with van der Waals surface area (Å²) < 4.78 is 0. The van der Waals surface area contributed by atoms with E-state index < -0.39 is 12.1 Å². The second-order valence-electron chi connectivity index (χ2n) is 8.43. The van der Waals surface area contributed by atoms with Crippen LogP contribution in [-0.2, 0) is 11.2 Å². The third-order valence-corrected chi connectivity index (χ3v) is 6.11. The van der Waals surface area contributed by atoms with Crippen molar-refractivity contribution in [3.63, 3.8) is 0 Å². The molecule has 3 aromatic carbocycles. The zero-order valence-electron chi connectivity index (χ0n) is 19.0. The normalized spacial score (nSPS) is 14.2. The van der Waals surface area contributed by atoms with E-state index in [0.29, 0.717) is 22.8 Å². The summed E-state index contributed by atoms with van der Waals surface area (Å²) in [6.45, 7) is 2.13. The maximum atomic E-state index is 13.2. The van der Waals surface area contributed by atoms with Gasteiger partial charge in [0.1, 0.15) is 6.04 Å². The Morgan fingerprint density at radius 1 is 0.794 bits per heavy atom. The fourth-order valence-electron chi connectivity index (χ4n) is 4.05. The van der Waals surface area contributed by atoms with Gasteiger partial charge in [-0.1, -0.05) is 41.9 Å². The lowest BCUT2D eigenvalue weighted by atomic mass is 10.1. The Labute approximate surface area is 205 Å². The lowest BCUT2D eigenvalue weighted by molar-refractivity contribution is -0.117. The number of benzene rings is 3. The number of amides is 3. The van der Waals surface area contributed by atoms with Gasteiger partial charge in [-0.25, -0.2) is 4.79 Å². The quantitative estimate of drug-likeness (QED) is 0.409. The summed E-state index contributed by atoms with van der Waals surface area (Å²) in [4.78, 5) is 28.2. The number of carbonyl (C=O) groups excluding carboxylic acids is 2. The molecule has 1 heterocycles. The van der Waals surface area contributed by atoms with Crippen molar-refractivity contribution in [2.24, 2.45) is 0 Å². The van der Waals surface area contributed by atoms with Gasteiger partial charge in [0, 0.05) is 41.6 Å². The Kier molecular flexibility index (Phi) is 8.04. The minimum Gasteiger partial charge on any atom is -0.372 e. The predicted octanol–water partition coefficient (Wildman–Crippen LogP) is 5.70. The second kappa shape index (κ2) is 11.6. The monoisotopic (exact) mass is 476 g/mol. The van der Waals surface area contributed by atoms with Gasteiger partial charge in [0.2, 0.25) is 5.91 Å². The van der Waals surface area contributed by atoms with Crippen molar-refractivity contribution in [1.29, 1.82) is 0 Å². The van der Waals surface area contributed by atoms with Crippen molar-refractivity contribution in [3.05, 3.63) is 89.4 Å². The van der Waals surface area contributed by atoms with Gasteiger partial charge in [0.15, 0.2) is 0 Å². The summed E-state index contributed by atoms with van der Waals surface area (Å²) in [7, 11) is 0. The van der Waals surface area contributed by atoms with E-state index in [1.807, 2.05) is 54.6 Å². The second-order valence-corrected chi connectivity index (χ2v) is 8.87. The molecule has 0 radical (unpaired) electrons. The van der Waals surface area contributed by atoms with Crippen LogP contribution in [0.5, 0.6) is 0 Å². The SMILES string of the molecule is O=C(Nc1ccc(Cl)cc1)N[C@@H](Cc1ccccc1)C(=O)Nc1ccc(N2CCCCC2)cc1. The van der Waals surface area contributed by atoms with Crippen LogP contribution in [-0.4, -0.2) is 31.1 Å². The summed E-state index contributed by atoms with van der Waals surface area (Å²) in [5.41, 5.74) is 3.41. The molecule has 1 saturated heterocycles. The maximum absolute atomic E-state index is 13.2. The van der Waals surface area contributed by atoms with Crippen molar-refractivity contribution in [2.45, 2.75) is 31.7 Å². The van der Waals surface area contributed by atoms with Crippen LogP contribution in [0.2, 0.25) is 5.02 Å². The highest BCUT2D eigenvalue weighted by Gasteiger charge is 2.22. The first kappa shape index (κ1) is 23.6. The predicted molar refractivity (Wildman–Crippen MR) is 139 cm³/mol. The molecule has 3 amide bonds. The molecule has 0 spiro atoms. The lowest BCUT2D eigenvalue weighted by Gasteiger charge is -2.29. The third-order valence-electron chi connectivity index (χ3n) is 5.86. The van der Waals surface area contributed by atoms with E-state index in [9.17, 15) is 9.59 Å². The number of hydrogen-bond donors (Lipinski definition) is 3. The molecule has 0 saturated carbocycles. The summed E-state index contributed by atoms with van der Waals surface area (Å²) in [6, 6.07) is 23.1. The average molecular weight is 477 g/mol. The number of nitrogens with one attached hydrogen (secondary N) is 3. The van der Waals surface area contributed by atoms with Crippen LogP contribution in [0.4, 0.5) is 21.9 Å². The zero-order chi connectivity index (χ0) is 23.8. The Morgan fingerprint density at radius 2 is 1.41 bits per heavy atom. The average Bonchev–Trinajstić information content (AvgIpc) is 2.87. The van der Waals surface area contributed by atoms with Crippen LogP contribution < -0.4 is 20.9 Å². The Bertz CT molecular complexity index is 1080. The molecule has 1 atom stereocenters. The van der Waals surface area contributed by atoms with E-state index in [1.165, 1.54) is 24.9 Å².